The zero-order chi connectivity index (χ0) is 43.4. The third kappa shape index (κ3) is 20.2. The molecule has 0 saturated heterocycles. The fourth-order valence-corrected chi connectivity index (χ4v) is 5.44. The molecule has 20 heteroatoms. The molecule has 0 aliphatic carbocycles. The second-order valence-corrected chi connectivity index (χ2v) is 15.5. The number of aliphatic hydroxyl groups is 1. The normalized spacial score (nSPS) is 15.1. The number of hydrogen-bond acceptors (Lipinski definition) is 11. The maximum atomic E-state index is 13.8. The van der Waals surface area contributed by atoms with Crippen LogP contribution in [0.2, 0.25) is 0 Å². The summed E-state index contributed by atoms with van der Waals surface area (Å²) in [6, 6.07) is -7.70. The summed E-state index contributed by atoms with van der Waals surface area (Å²) in [5.74, 6) is -8.53. The first-order chi connectivity index (χ1) is 25.9. The molecular weight excluding hydrogens is 734 g/mol. The van der Waals surface area contributed by atoms with Gasteiger partial charge in [0.25, 0.3) is 0 Å². The lowest BCUT2D eigenvalue weighted by Crippen LogP contribution is -2.61. The molecule has 0 saturated carbocycles. The number of rotatable bonds is 26. The Morgan fingerprint density at radius 3 is 1.32 bits per heavy atom. The van der Waals surface area contributed by atoms with Crippen LogP contribution in [0.5, 0.6) is 0 Å². The van der Waals surface area contributed by atoms with Crippen LogP contribution in [-0.4, -0.2) is 119 Å². The van der Waals surface area contributed by atoms with Gasteiger partial charge < -0.3 is 58.9 Å². The summed E-state index contributed by atoms with van der Waals surface area (Å²) in [5, 5.41) is 36.5. The molecule has 0 aromatic carbocycles. The van der Waals surface area contributed by atoms with E-state index in [1.165, 1.54) is 6.92 Å². The number of carboxylic acid groups (broad SMARTS) is 1. The Balaban J connectivity index is 6.35. The van der Waals surface area contributed by atoms with E-state index in [9.17, 15) is 48.3 Å². The van der Waals surface area contributed by atoms with E-state index in [2.05, 4.69) is 37.2 Å². The van der Waals surface area contributed by atoms with Crippen molar-refractivity contribution in [2.24, 2.45) is 35.1 Å². The first-order valence-corrected chi connectivity index (χ1v) is 18.9. The third-order valence-corrected chi connectivity index (χ3v) is 8.26. The Kier molecular flexibility index (Phi) is 23.1. The lowest BCUT2D eigenvalue weighted by atomic mass is 9.98. The van der Waals surface area contributed by atoms with Crippen molar-refractivity contribution < 1.29 is 53.4 Å². The SMILES string of the molecule is CC(C)C[C@H](NC(=O)[C@H](CC(C)C)NC(=O)[C@H](CCC(N)=O)NC(=O)[C@@H](NC(=O)[C@H](CC(C)C)NC(=O)[C@@H](NC(=O)CN)[C@@H](C)O)C(C)C)C(=O)NCC(=O)O. The molecule has 0 spiro atoms. The van der Waals surface area contributed by atoms with Gasteiger partial charge >= 0.3 is 5.97 Å². The van der Waals surface area contributed by atoms with Crippen LogP contribution in [0.1, 0.15) is 94.4 Å². The minimum Gasteiger partial charge on any atom is -0.480 e. The number of hydrogen-bond donors (Lipinski definition) is 11. The first-order valence-electron chi connectivity index (χ1n) is 18.9. The molecule has 0 aromatic heterocycles. The van der Waals surface area contributed by atoms with Gasteiger partial charge in [0.2, 0.25) is 47.3 Å². The molecule has 0 fully saturated rings. The second kappa shape index (κ2) is 25.3. The Morgan fingerprint density at radius 1 is 0.536 bits per heavy atom. The van der Waals surface area contributed by atoms with E-state index in [4.69, 9.17) is 16.6 Å². The number of primary amides is 1. The van der Waals surface area contributed by atoms with E-state index in [0.717, 1.165) is 0 Å². The zero-order valence-corrected chi connectivity index (χ0v) is 34.0. The van der Waals surface area contributed by atoms with Crippen LogP contribution in [0.15, 0.2) is 0 Å². The van der Waals surface area contributed by atoms with Gasteiger partial charge in [0.05, 0.1) is 12.6 Å². The Hall–Kier alpha value is -4.85. The first kappa shape index (κ1) is 51.1. The topological polar surface area (TPSA) is 330 Å². The molecule has 320 valence electrons. The van der Waals surface area contributed by atoms with Gasteiger partial charge in [-0.05, 0) is 56.3 Å². The number of nitrogens with one attached hydrogen (secondary N) is 7. The average Bonchev–Trinajstić information content (AvgIpc) is 3.07. The van der Waals surface area contributed by atoms with Crippen LogP contribution >= 0.6 is 0 Å². The van der Waals surface area contributed by atoms with Crippen LogP contribution in [0.25, 0.3) is 0 Å². The molecule has 0 bridgehead atoms. The highest BCUT2D eigenvalue weighted by Gasteiger charge is 2.35. The van der Waals surface area contributed by atoms with E-state index in [0.29, 0.717) is 0 Å². The van der Waals surface area contributed by atoms with Gasteiger partial charge in [0.15, 0.2) is 0 Å². The van der Waals surface area contributed by atoms with E-state index < -0.39 is 115 Å². The molecule has 0 rings (SSSR count). The Morgan fingerprint density at radius 2 is 0.929 bits per heavy atom. The van der Waals surface area contributed by atoms with E-state index in [1.54, 1.807) is 55.4 Å². The van der Waals surface area contributed by atoms with E-state index >= 15 is 0 Å². The quantitative estimate of drug-likeness (QED) is 0.0433. The van der Waals surface area contributed by atoms with Crippen molar-refractivity contribution in [1.29, 1.82) is 0 Å². The number of aliphatic carboxylic acids is 1. The summed E-state index contributed by atoms with van der Waals surface area (Å²) in [6.45, 7) is 14.1. The number of carbonyl (C=O) groups excluding carboxylic acids is 8. The molecule has 13 N–H and O–H groups in total. The summed E-state index contributed by atoms with van der Waals surface area (Å²) in [4.78, 5) is 115. The van der Waals surface area contributed by atoms with E-state index in [1.807, 2.05) is 0 Å². The monoisotopic (exact) mass is 799 g/mol. The number of carboxylic acids is 1. The molecule has 0 heterocycles. The molecule has 7 atom stereocenters. The highest BCUT2D eigenvalue weighted by Crippen LogP contribution is 2.12. The van der Waals surface area contributed by atoms with Gasteiger partial charge in [-0.3, -0.25) is 43.2 Å². The van der Waals surface area contributed by atoms with Crippen molar-refractivity contribution >= 4 is 53.2 Å². The molecule has 0 aliphatic rings. The van der Waals surface area contributed by atoms with Crippen LogP contribution < -0.4 is 48.7 Å². The smallest absolute Gasteiger partial charge is 0.322 e. The van der Waals surface area contributed by atoms with Crippen molar-refractivity contribution in [2.75, 3.05) is 13.1 Å². The fraction of sp³-hybridized carbons (Fsp3) is 0.750. The van der Waals surface area contributed by atoms with Crippen LogP contribution in [0.4, 0.5) is 0 Å². The Labute approximate surface area is 328 Å². The van der Waals surface area contributed by atoms with Gasteiger partial charge in [-0.25, -0.2) is 0 Å². The maximum absolute atomic E-state index is 13.8. The van der Waals surface area contributed by atoms with Gasteiger partial charge in [-0.2, -0.15) is 0 Å². The Bertz CT molecular complexity index is 1370. The summed E-state index contributed by atoms with van der Waals surface area (Å²) in [6.07, 6.45) is -1.61. The average molecular weight is 800 g/mol. The summed E-state index contributed by atoms with van der Waals surface area (Å²) >= 11 is 0. The molecule has 0 aliphatic heterocycles. The zero-order valence-electron chi connectivity index (χ0n) is 34.0. The fourth-order valence-electron chi connectivity index (χ4n) is 5.44. The summed E-state index contributed by atoms with van der Waals surface area (Å²) in [5.41, 5.74) is 10.7. The number of carbonyl (C=O) groups is 9. The predicted molar refractivity (Wildman–Crippen MR) is 205 cm³/mol. The molecule has 8 amide bonds. The van der Waals surface area contributed by atoms with Crippen LogP contribution in [-0.2, 0) is 43.2 Å². The highest BCUT2D eigenvalue weighted by molar-refractivity contribution is 5.97. The molecular formula is C36H65N9O11. The standard InChI is InChI=1S/C36H65N9O11/c1-17(2)12-23(31(51)39-16-28(49)50)41-33(53)24(13-18(3)4)42-32(52)22(10-11-26(38)47)40-35(55)29(20(7)8)45-34(54)25(14-19(5)6)43-36(56)30(21(9)46)44-27(48)15-37/h17-25,29-30,46H,10-16,37H2,1-9H3,(H2,38,47)(H,39,51)(H,40,55)(H,41,53)(H,42,52)(H,43,56)(H,44,48)(H,45,54)(H,49,50)/t21-,22+,23+,24+,25+,29+,30+/m1/s1. The molecule has 0 unspecified atom stereocenters. The lowest BCUT2D eigenvalue weighted by molar-refractivity contribution is -0.139. The highest BCUT2D eigenvalue weighted by atomic mass is 16.4. The minimum absolute atomic E-state index is 0.0844. The lowest BCUT2D eigenvalue weighted by Gasteiger charge is -2.30. The van der Waals surface area contributed by atoms with Crippen LogP contribution in [0, 0.1) is 23.7 Å². The molecule has 0 radical (unpaired) electrons. The van der Waals surface area contributed by atoms with Gasteiger partial charge in [0, 0.05) is 6.42 Å². The molecule has 0 aromatic rings. The summed E-state index contributed by atoms with van der Waals surface area (Å²) in [7, 11) is 0. The van der Waals surface area contributed by atoms with E-state index in [-0.39, 0.29) is 49.9 Å². The largest absolute Gasteiger partial charge is 0.480 e. The van der Waals surface area contributed by atoms with Gasteiger partial charge in [-0.1, -0.05) is 55.4 Å². The van der Waals surface area contributed by atoms with Gasteiger partial charge in [-0.15, -0.1) is 0 Å². The summed E-state index contributed by atoms with van der Waals surface area (Å²) < 4.78 is 0. The number of amides is 8. The molecule has 20 nitrogen and oxygen atoms in total. The minimum atomic E-state index is -1.43. The molecule has 56 heavy (non-hydrogen) atoms. The number of nitrogens with two attached hydrogens (primary N) is 2. The van der Waals surface area contributed by atoms with Crippen molar-refractivity contribution in [2.45, 2.75) is 137 Å². The van der Waals surface area contributed by atoms with Crippen molar-refractivity contribution in [1.82, 2.24) is 37.2 Å². The van der Waals surface area contributed by atoms with Gasteiger partial charge in [0.1, 0.15) is 42.8 Å². The van der Waals surface area contributed by atoms with Crippen molar-refractivity contribution in [3.8, 4) is 0 Å². The predicted octanol–water partition coefficient (Wildman–Crippen LogP) is -2.50. The van der Waals surface area contributed by atoms with Crippen molar-refractivity contribution in [3.63, 3.8) is 0 Å². The second-order valence-electron chi connectivity index (χ2n) is 15.5. The van der Waals surface area contributed by atoms with Crippen molar-refractivity contribution in [3.05, 3.63) is 0 Å². The maximum Gasteiger partial charge on any atom is 0.322 e. The number of aliphatic hydroxyl groups excluding tert-OH is 1. The third-order valence-electron chi connectivity index (χ3n) is 8.26. The van der Waals surface area contributed by atoms with Crippen LogP contribution in [0.3, 0.4) is 0 Å².